The number of hydrogen-bond acceptors (Lipinski definition) is 2. The topological polar surface area (TPSA) is 15.3 Å². The fraction of sp³-hybridized carbons (Fsp3) is 0.867. The number of nitrogens with zero attached hydrogens (tertiary/aromatic N) is 1. The van der Waals surface area contributed by atoms with Gasteiger partial charge in [0, 0.05) is 12.1 Å². The fourth-order valence-corrected chi connectivity index (χ4v) is 3.95. The van der Waals surface area contributed by atoms with Crippen molar-refractivity contribution in [3.05, 3.63) is 12.2 Å². The number of nitrogens with one attached hydrogen (secondary N) is 1. The van der Waals surface area contributed by atoms with Gasteiger partial charge in [-0.15, -0.1) is 0 Å². The Morgan fingerprint density at radius 1 is 1.00 bits per heavy atom. The van der Waals surface area contributed by atoms with Gasteiger partial charge in [-0.05, 0) is 64.1 Å². The number of likely N-dealkylation sites (tertiary alicyclic amines) is 1. The second-order valence-electron chi connectivity index (χ2n) is 5.96. The van der Waals surface area contributed by atoms with Crippen LogP contribution in [-0.4, -0.2) is 36.6 Å². The normalized spacial score (nSPS) is 41.5. The van der Waals surface area contributed by atoms with E-state index in [1.54, 1.807) is 0 Å². The molecule has 1 N–H and O–H groups in total. The van der Waals surface area contributed by atoms with E-state index < -0.39 is 0 Å². The van der Waals surface area contributed by atoms with Gasteiger partial charge in [0.15, 0.2) is 0 Å². The van der Waals surface area contributed by atoms with Crippen molar-refractivity contribution in [3.8, 4) is 0 Å². The van der Waals surface area contributed by atoms with Crippen LogP contribution in [0.3, 0.4) is 0 Å². The Kier molecular flexibility index (Phi) is 3.82. The van der Waals surface area contributed by atoms with Crippen LogP contribution in [-0.2, 0) is 0 Å². The van der Waals surface area contributed by atoms with Gasteiger partial charge in [-0.3, -0.25) is 4.90 Å². The molecule has 1 saturated heterocycles. The number of rotatable bonds is 1. The van der Waals surface area contributed by atoms with Gasteiger partial charge < -0.3 is 5.32 Å². The summed E-state index contributed by atoms with van der Waals surface area (Å²) < 4.78 is 0. The van der Waals surface area contributed by atoms with E-state index in [0.29, 0.717) is 0 Å². The summed E-state index contributed by atoms with van der Waals surface area (Å²) in [5, 5.41) is 3.86. The third-order valence-electron chi connectivity index (χ3n) is 4.83. The van der Waals surface area contributed by atoms with Crippen LogP contribution in [0.25, 0.3) is 0 Å². The molecule has 1 aliphatic carbocycles. The van der Waals surface area contributed by atoms with Gasteiger partial charge in [0.1, 0.15) is 0 Å². The predicted molar refractivity (Wildman–Crippen MR) is 72.1 cm³/mol. The van der Waals surface area contributed by atoms with Gasteiger partial charge in [-0.2, -0.15) is 0 Å². The number of hydrogen-bond donors (Lipinski definition) is 1. The van der Waals surface area contributed by atoms with Crippen LogP contribution in [0.2, 0.25) is 0 Å². The summed E-state index contributed by atoms with van der Waals surface area (Å²) in [5.74, 6) is 0.801. The van der Waals surface area contributed by atoms with Crippen molar-refractivity contribution in [1.29, 1.82) is 0 Å². The van der Waals surface area contributed by atoms with Crippen molar-refractivity contribution in [1.82, 2.24) is 10.2 Å². The van der Waals surface area contributed by atoms with E-state index in [2.05, 4.69) is 22.4 Å². The first-order valence-corrected chi connectivity index (χ1v) is 7.59. The van der Waals surface area contributed by atoms with E-state index in [4.69, 9.17) is 0 Å². The summed E-state index contributed by atoms with van der Waals surface area (Å²) in [7, 11) is 0. The third kappa shape index (κ3) is 2.58. The van der Waals surface area contributed by atoms with Gasteiger partial charge in [0.2, 0.25) is 0 Å². The molecule has 3 aliphatic rings. The summed E-state index contributed by atoms with van der Waals surface area (Å²) in [5.41, 5.74) is 0. The third-order valence-corrected chi connectivity index (χ3v) is 4.83. The molecule has 0 amide bonds. The summed E-state index contributed by atoms with van der Waals surface area (Å²) in [6, 6.07) is 1.55. The van der Waals surface area contributed by atoms with Gasteiger partial charge >= 0.3 is 0 Å². The lowest BCUT2D eigenvalue weighted by atomic mass is 9.79. The van der Waals surface area contributed by atoms with Gasteiger partial charge in [0.25, 0.3) is 0 Å². The molecule has 0 bridgehead atoms. The van der Waals surface area contributed by atoms with E-state index in [9.17, 15) is 0 Å². The van der Waals surface area contributed by atoms with Crippen molar-refractivity contribution >= 4 is 0 Å². The monoisotopic (exact) mass is 234 g/mol. The maximum atomic E-state index is 3.86. The van der Waals surface area contributed by atoms with Crippen molar-refractivity contribution in [2.45, 2.75) is 57.0 Å². The highest BCUT2D eigenvalue weighted by atomic mass is 15.2. The smallest absolute Gasteiger partial charge is 0.0286 e. The van der Waals surface area contributed by atoms with Crippen molar-refractivity contribution in [2.24, 2.45) is 5.92 Å². The lowest BCUT2D eigenvalue weighted by molar-refractivity contribution is 0.123. The summed E-state index contributed by atoms with van der Waals surface area (Å²) in [4.78, 5) is 2.76. The molecule has 2 heterocycles. The van der Waals surface area contributed by atoms with Crippen LogP contribution in [0, 0.1) is 5.92 Å². The molecule has 0 unspecified atom stereocenters. The van der Waals surface area contributed by atoms with E-state index in [-0.39, 0.29) is 0 Å². The van der Waals surface area contributed by atoms with E-state index in [0.717, 1.165) is 18.0 Å². The summed E-state index contributed by atoms with van der Waals surface area (Å²) >= 11 is 0. The lowest BCUT2D eigenvalue weighted by Crippen LogP contribution is -2.55. The van der Waals surface area contributed by atoms with Crippen LogP contribution >= 0.6 is 0 Å². The minimum atomic E-state index is 0.735. The second kappa shape index (κ2) is 5.53. The minimum Gasteiger partial charge on any atom is -0.312 e. The van der Waals surface area contributed by atoms with E-state index >= 15 is 0 Å². The second-order valence-corrected chi connectivity index (χ2v) is 5.96. The molecular weight excluding hydrogens is 208 g/mol. The molecule has 0 aromatic rings. The zero-order valence-electron chi connectivity index (χ0n) is 10.9. The Morgan fingerprint density at radius 2 is 1.88 bits per heavy atom. The standard InChI is InChI=1S/C15H26N2/c1-2-7-13-8-6-9-14(15(13)16-10-3-1)17-11-4-5-12-17/h2,7,13-16H,1,3-6,8-12H2/b7-2+/t13-,14-,15-/m1/s1. The average molecular weight is 234 g/mol. The molecule has 17 heavy (non-hydrogen) atoms. The van der Waals surface area contributed by atoms with Gasteiger partial charge in [-0.25, -0.2) is 0 Å². The Labute approximate surface area is 105 Å². The van der Waals surface area contributed by atoms with Gasteiger partial charge in [0.05, 0.1) is 0 Å². The van der Waals surface area contributed by atoms with Crippen LogP contribution in [0.1, 0.15) is 44.9 Å². The highest BCUT2D eigenvalue weighted by molar-refractivity contribution is 5.04. The Balaban J connectivity index is 1.73. The Hall–Kier alpha value is -0.340. The molecule has 0 radical (unpaired) electrons. The first-order chi connectivity index (χ1) is 8.45. The number of allylic oxidation sites excluding steroid dienone is 1. The van der Waals surface area contributed by atoms with Crippen LogP contribution in [0.4, 0.5) is 0 Å². The van der Waals surface area contributed by atoms with Crippen molar-refractivity contribution in [3.63, 3.8) is 0 Å². The van der Waals surface area contributed by atoms with Crippen molar-refractivity contribution < 1.29 is 0 Å². The highest BCUT2D eigenvalue weighted by Gasteiger charge is 2.36. The molecule has 3 rings (SSSR count). The molecule has 2 fully saturated rings. The quantitative estimate of drug-likeness (QED) is 0.702. The Bertz CT molecular complexity index is 268. The fourth-order valence-electron chi connectivity index (χ4n) is 3.95. The highest BCUT2D eigenvalue weighted by Crippen LogP contribution is 2.31. The zero-order chi connectivity index (χ0) is 11.5. The summed E-state index contributed by atoms with van der Waals surface area (Å²) in [6.07, 6.45) is 14.6. The number of fused-ring (bicyclic) bond motifs is 1. The van der Waals surface area contributed by atoms with Crippen LogP contribution in [0.5, 0.6) is 0 Å². The summed E-state index contributed by atoms with van der Waals surface area (Å²) in [6.45, 7) is 3.91. The predicted octanol–water partition coefficient (Wildman–Crippen LogP) is 2.56. The maximum absolute atomic E-state index is 3.86. The lowest BCUT2D eigenvalue weighted by Gasteiger charge is -2.43. The molecule has 0 spiro atoms. The largest absolute Gasteiger partial charge is 0.312 e. The first kappa shape index (κ1) is 11.7. The van der Waals surface area contributed by atoms with Crippen molar-refractivity contribution in [2.75, 3.05) is 19.6 Å². The molecule has 2 heteroatoms. The molecular formula is C15H26N2. The van der Waals surface area contributed by atoms with E-state index in [1.165, 1.54) is 64.6 Å². The average Bonchev–Trinajstić information content (AvgIpc) is 2.82. The zero-order valence-corrected chi connectivity index (χ0v) is 10.9. The van der Waals surface area contributed by atoms with Gasteiger partial charge in [-0.1, -0.05) is 18.6 Å². The molecule has 96 valence electrons. The minimum absolute atomic E-state index is 0.735. The molecule has 2 aliphatic heterocycles. The molecule has 0 aromatic heterocycles. The molecule has 1 saturated carbocycles. The van der Waals surface area contributed by atoms with Crippen LogP contribution < -0.4 is 5.32 Å². The molecule has 3 atom stereocenters. The van der Waals surface area contributed by atoms with Crippen LogP contribution in [0.15, 0.2) is 12.2 Å². The molecule has 0 aromatic carbocycles. The Morgan fingerprint density at radius 3 is 2.76 bits per heavy atom. The SMILES string of the molecule is C1=C/[C@@H]2CCC[C@@H](N3CCCC3)[C@@H]2NCCC/1. The maximum Gasteiger partial charge on any atom is 0.0286 e. The first-order valence-electron chi connectivity index (χ1n) is 7.59. The van der Waals surface area contributed by atoms with E-state index in [1.807, 2.05) is 0 Å². The molecule has 2 nitrogen and oxygen atoms in total.